The zero-order chi connectivity index (χ0) is 35.5. The molecule has 0 unspecified atom stereocenters. The average Bonchev–Trinajstić information content (AvgIpc) is 3.39. The molecule has 0 spiro atoms. The van der Waals surface area contributed by atoms with Crippen LogP contribution in [0.3, 0.4) is 0 Å². The molecular formula is C41H40Br2Cl2N4O2. The predicted octanol–water partition coefficient (Wildman–Crippen LogP) is 10.4. The standard InChI is InChI=1S/C22H22BrClN2O2.C19H18BrClN2/c1-2-28-22(27)26-9-7-14(8-10-26)20-19-6-5-18(24)12-15(19)3-4-16-11-17(23)13-25-21(16)20;20-15-9-14-2-1-13-10-16(21)3-4-17(13)18(19(14)23-11-15)12-5-7-22-8-6-12/h5-6,11-13H,2-4,7-10H2,1H3;3-4,9-11,22H,1-2,5-8H2. The Morgan fingerprint density at radius 3 is 1.67 bits per heavy atom. The van der Waals surface area contributed by atoms with E-state index in [9.17, 15) is 4.79 Å². The number of rotatable bonds is 1. The van der Waals surface area contributed by atoms with Gasteiger partial charge in [-0.05, 0) is 173 Å². The summed E-state index contributed by atoms with van der Waals surface area (Å²) in [5, 5.41) is 5.03. The Labute approximate surface area is 327 Å². The van der Waals surface area contributed by atoms with Crippen molar-refractivity contribution in [1.82, 2.24) is 20.2 Å². The Bertz CT molecular complexity index is 1920. The molecule has 2 aromatic heterocycles. The average molecular weight is 852 g/mol. The Balaban J connectivity index is 0.000000162. The first-order valence-corrected chi connectivity index (χ1v) is 20.1. The molecule has 4 aliphatic rings. The van der Waals surface area contributed by atoms with Crippen LogP contribution in [0.25, 0.3) is 11.1 Å². The number of halogens is 4. The Morgan fingerprint density at radius 2 is 1.18 bits per heavy atom. The van der Waals surface area contributed by atoms with Crippen LogP contribution in [0.2, 0.25) is 10.0 Å². The van der Waals surface area contributed by atoms with Crippen molar-refractivity contribution in [2.24, 2.45) is 0 Å². The fraction of sp³-hybridized carbons (Fsp3) is 0.341. The van der Waals surface area contributed by atoms with Crippen LogP contribution in [-0.2, 0) is 30.4 Å². The van der Waals surface area contributed by atoms with Crippen molar-refractivity contribution in [1.29, 1.82) is 0 Å². The number of nitrogens with one attached hydrogen (secondary N) is 1. The number of benzene rings is 2. The van der Waals surface area contributed by atoms with Gasteiger partial charge in [0.25, 0.3) is 0 Å². The SMILES string of the molecule is CCOC(=O)N1CCC(=C2c3ccc(Cl)cc3CCc3cc(Br)cnc32)CC1.Clc1ccc2c(c1)CCc1cc(Br)cnc1C2=C1CCNCC1. The number of ether oxygens (including phenoxy) is 1. The highest BCUT2D eigenvalue weighted by Gasteiger charge is 2.28. The van der Waals surface area contributed by atoms with E-state index in [4.69, 9.17) is 37.9 Å². The summed E-state index contributed by atoms with van der Waals surface area (Å²) in [5.74, 6) is 0. The maximum absolute atomic E-state index is 12.1. The van der Waals surface area contributed by atoms with Crippen molar-refractivity contribution >= 4 is 72.3 Å². The lowest BCUT2D eigenvalue weighted by Gasteiger charge is -2.29. The molecule has 2 aromatic carbocycles. The third-order valence-electron chi connectivity index (χ3n) is 10.1. The van der Waals surface area contributed by atoms with E-state index >= 15 is 0 Å². The Kier molecular flexibility index (Phi) is 11.6. The third kappa shape index (κ3) is 8.16. The molecule has 0 radical (unpaired) electrons. The molecular weight excluding hydrogens is 811 g/mol. The summed E-state index contributed by atoms with van der Waals surface area (Å²) in [4.78, 5) is 23.5. The van der Waals surface area contributed by atoms with Gasteiger partial charge in [-0.25, -0.2) is 4.79 Å². The summed E-state index contributed by atoms with van der Waals surface area (Å²) >= 11 is 19.7. The van der Waals surface area contributed by atoms with Gasteiger partial charge in [-0.2, -0.15) is 0 Å². The molecule has 1 N–H and O–H groups in total. The zero-order valence-corrected chi connectivity index (χ0v) is 33.3. The van der Waals surface area contributed by atoms with Crippen molar-refractivity contribution in [2.75, 3.05) is 32.8 Å². The van der Waals surface area contributed by atoms with E-state index in [1.54, 1.807) is 4.90 Å². The number of nitrogens with zero attached hydrogens (tertiary/aromatic N) is 3. The number of carbonyl (C=O) groups excluding carboxylic acids is 1. The number of carbonyl (C=O) groups is 1. The van der Waals surface area contributed by atoms with Crippen molar-refractivity contribution < 1.29 is 9.53 Å². The first-order chi connectivity index (χ1) is 24.8. The minimum absolute atomic E-state index is 0.220. The monoisotopic (exact) mass is 848 g/mol. The van der Waals surface area contributed by atoms with E-state index in [2.05, 4.69) is 73.6 Å². The van der Waals surface area contributed by atoms with Crippen LogP contribution >= 0.6 is 55.1 Å². The van der Waals surface area contributed by atoms with Crippen LogP contribution in [0, 0.1) is 0 Å². The summed E-state index contributed by atoms with van der Waals surface area (Å²) in [6, 6.07) is 16.9. The highest BCUT2D eigenvalue weighted by molar-refractivity contribution is 9.10. The molecule has 0 bridgehead atoms. The lowest BCUT2D eigenvalue weighted by molar-refractivity contribution is 0.104. The number of hydrogen-bond donors (Lipinski definition) is 1. The molecule has 0 atom stereocenters. The Morgan fingerprint density at radius 1 is 0.706 bits per heavy atom. The molecule has 264 valence electrons. The summed E-state index contributed by atoms with van der Waals surface area (Å²) in [7, 11) is 0. The van der Waals surface area contributed by atoms with E-state index in [0.29, 0.717) is 19.7 Å². The lowest BCUT2D eigenvalue weighted by Crippen LogP contribution is -2.37. The smallest absolute Gasteiger partial charge is 0.409 e. The topological polar surface area (TPSA) is 67.3 Å². The van der Waals surface area contributed by atoms with Gasteiger partial charge in [0.05, 0.1) is 18.0 Å². The normalized spacial score (nSPS) is 16.8. The molecule has 10 heteroatoms. The molecule has 2 aliphatic carbocycles. The molecule has 2 fully saturated rings. The minimum Gasteiger partial charge on any atom is -0.450 e. The number of hydrogen-bond acceptors (Lipinski definition) is 5. The summed E-state index contributed by atoms with van der Waals surface area (Å²) in [6.45, 7) is 5.69. The van der Waals surface area contributed by atoms with E-state index in [1.807, 2.05) is 31.5 Å². The molecule has 2 aliphatic heterocycles. The third-order valence-corrected chi connectivity index (χ3v) is 11.5. The maximum Gasteiger partial charge on any atom is 0.409 e. The van der Waals surface area contributed by atoms with Gasteiger partial charge >= 0.3 is 6.09 Å². The van der Waals surface area contributed by atoms with E-state index in [1.165, 1.54) is 55.7 Å². The lowest BCUT2D eigenvalue weighted by atomic mass is 9.88. The van der Waals surface area contributed by atoms with Gasteiger partial charge in [-0.15, -0.1) is 0 Å². The van der Waals surface area contributed by atoms with Gasteiger partial charge < -0.3 is 15.0 Å². The number of pyridine rings is 2. The first kappa shape index (κ1) is 36.4. The van der Waals surface area contributed by atoms with Crippen LogP contribution in [0.4, 0.5) is 4.79 Å². The number of aryl methyl sites for hydroxylation is 4. The zero-order valence-electron chi connectivity index (χ0n) is 28.6. The van der Waals surface area contributed by atoms with Gasteiger partial charge in [-0.3, -0.25) is 9.97 Å². The summed E-state index contributed by atoms with van der Waals surface area (Å²) in [6.07, 6.45) is 11.3. The van der Waals surface area contributed by atoms with Gasteiger partial charge in [0, 0.05) is 55.6 Å². The number of aromatic nitrogens is 2. The molecule has 1 amide bonds. The van der Waals surface area contributed by atoms with E-state index in [0.717, 1.165) is 94.8 Å². The molecule has 4 aromatic rings. The number of fused-ring (bicyclic) bond motifs is 4. The summed E-state index contributed by atoms with van der Waals surface area (Å²) < 4.78 is 7.21. The van der Waals surface area contributed by atoms with Gasteiger partial charge in [-0.1, -0.05) is 46.5 Å². The van der Waals surface area contributed by atoms with Crippen molar-refractivity contribution in [2.45, 2.75) is 58.3 Å². The Hall–Kier alpha value is -3.01. The fourth-order valence-corrected chi connectivity index (χ4v) is 8.88. The van der Waals surface area contributed by atoms with Crippen LogP contribution < -0.4 is 5.32 Å². The van der Waals surface area contributed by atoms with Crippen LogP contribution in [0.15, 0.2) is 81.0 Å². The van der Waals surface area contributed by atoms with Crippen LogP contribution in [0.1, 0.15) is 77.4 Å². The second kappa shape index (κ2) is 16.3. The van der Waals surface area contributed by atoms with E-state index < -0.39 is 0 Å². The van der Waals surface area contributed by atoms with Crippen molar-refractivity contribution in [3.8, 4) is 0 Å². The molecule has 8 rings (SSSR count). The highest BCUT2D eigenvalue weighted by atomic mass is 79.9. The van der Waals surface area contributed by atoms with Crippen LogP contribution in [0.5, 0.6) is 0 Å². The van der Waals surface area contributed by atoms with Crippen molar-refractivity contribution in [3.05, 3.63) is 136 Å². The molecule has 6 nitrogen and oxygen atoms in total. The maximum atomic E-state index is 12.1. The van der Waals surface area contributed by atoms with Crippen molar-refractivity contribution in [3.63, 3.8) is 0 Å². The quantitative estimate of drug-likeness (QED) is 0.207. The first-order valence-electron chi connectivity index (χ1n) is 17.7. The van der Waals surface area contributed by atoms with E-state index in [-0.39, 0.29) is 6.09 Å². The summed E-state index contributed by atoms with van der Waals surface area (Å²) in [5.41, 5.74) is 15.4. The van der Waals surface area contributed by atoms with Crippen LogP contribution in [-0.4, -0.2) is 53.7 Å². The predicted molar refractivity (Wildman–Crippen MR) is 214 cm³/mol. The van der Waals surface area contributed by atoms with Gasteiger partial charge in [0.2, 0.25) is 0 Å². The molecule has 0 saturated carbocycles. The second-order valence-corrected chi connectivity index (χ2v) is 16.0. The number of likely N-dealkylation sites (tertiary alicyclic amines) is 1. The minimum atomic E-state index is -0.220. The highest BCUT2D eigenvalue weighted by Crippen LogP contribution is 2.40. The number of piperidine rings is 2. The number of amides is 1. The molecule has 2 saturated heterocycles. The fourth-order valence-electron chi connectivity index (χ4n) is 7.73. The van der Waals surface area contributed by atoms with Gasteiger partial charge in [0.15, 0.2) is 0 Å². The van der Waals surface area contributed by atoms with Gasteiger partial charge in [0.1, 0.15) is 0 Å². The largest absolute Gasteiger partial charge is 0.450 e. The molecule has 4 heterocycles. The second-order valence-electron chi connectivity index (χ2n) is 13.3. The molecule has 51 heavy (non-hydrogen) atoms.